The van der Waals surface area contributed by atoms with Gasteiger partial charge in [0.25, 0.3) is 0 Å². The number of halogens is 5. The molecule has 0 aliphatic carbocycles. The number of piperidine rings is 1. The standard InChI is InChI=1S/C35H36Cl2F3N3O3/c1-23-16-27-31(19-32(23)45-15-3-12-43-13-10-34(11-14-43)20-44-21-34)41-22-42-33(27)46-26-8-7-25(30(37)18-26)5-2-4-24-6-9-29(36)28(17-24)35(38,39)40/h6-9,16-19,22H,2-5,10-15,20-21H2,1H3. The lowest BCUT2D eigenvalue weighted by Crippen LogP contribution is -2.51. The smallest absolute Gasteiger partial charge is 0.417 e. The Balaban J connectivity index is 1.03. The van der Waals surface area contributed by atoms with Crippen LogP contribution in [0.2, 0.25) is 10.0 Å². The average Bonchev–Trinajstić information content (AvgIpc) is 3.00. The maximum absolute atomic E-state index is 13.2. The van der Waals surface area contributed by atoms with Gasteiger partial charge < -0.3 is 19.1 Å². The number of benzene rings is 3. The summed E-state index contributed by atoms with van der Waals surface area (Å²) >= 11 is 12.3. The number of nitrogens with zero attached hydrogens (tertiary/aromatic N) is 3. The molecular weight excluding hydrogens is 638 g/mol. The monoisotopic (exact) mass is 673 g/mol. The second-order valence-corrected chi connectivity index (χ2v) is 13.2. The predicted octanol–water partition coefficient (Wildman–Crippen LogP) is 9.11. The molecule has 3 aromatic carbocycles. The molecule has 0 bridgehead atoms. The summed E-state index contributed by atoms with van der Waals surface area (Å²) in [5, 5.41) is 0.971. The SMILES string of the molecule is Cc1cc2c(Oc3ccc(CCCc4ccc(Cl)c(C(F)(F)F)c4)c(Cl)c3)ncnc2cc1OCCCN1CCC2(CC1)COC2. The number of hydrogen-bond acceptors (Lipinski definition) is 6. The number of hydrogen-bond donors (Lipinski definition) is 0. The van der Waals surface area contributed by atoms with E-state index in [0.29, 0.717) is 59.0 Å². The van der Waals surface area contributed by atoms with Crippen molar-refractivity contribution in [3.8, 4) is 17.4 Å². The maximum atomic E-state index is 13.2. The number of aromatic nitrogens is 2. The van der Waals surface area contributed by atoms with Crippen molar-refractivity contribution in [2.45, 2.75) is 51.6 Å². The Morgan fingerprint density at radius 2 is 1.74 bits per heavy atom. The zero-order valence-corrected chi connectivity index (χ0v) is 27.1. The fraction of sp³-hybridized carbons (Fsp3) is 0.429. The fourth-order valence-electron chi connectivity index (χ4n) is 6.14. The van der Waals surface area contributed by atoms with E-state index in [4.69, 9.17) is 37.4 Å². The van der Waals surface area contributed by atoms with Gasteiger partial charge in [0, 0.05) is 23.0 Å². The van der Waals surface area contributed by atoms with Gasteiger partial charge in [-0.25, -0.2) is 9.97 Å². The molecule has 2 fully saturated rings. The van der Waals surface area contributed by atoms with Crippen LogP contribution < -0.4 is 9.47 Å². The second kappa shape index (κ2) is 13.9. The molecule has 244 valence electrons. The molecule has 2 saturated heterocycles. The zero-order chi connectivity index (χ0) is 32.3. The third-order valence-electron chi connectivity index (χ3n) is 8.99. The van der Waals surface area contributed by atoms with Crippen molar-refractivity contribution in [3.05, 3.63) is 87.2 Å². The van der Waals surface area contributed by atoms with Crippen LogP contribution >= 0.6 is 23.2 Å². The first-order valence-electron chi connectivity index (χ1n) is 15.6. The lowest BCUT2D eigenvalue weighted by atomic mass is 9.77. The van der Waals surface area contributed by atoms with Gasteiger partial charge in [-0.05, 0) is 106 Å². The molecule has 2 aliphatic heterocycles. The van der Waals surface area contributed by atoms with E-state index in [1.54, 1.807) is 12.1 Å². The summed E-state index contributed by atoms with van der Waals surface area (Å²) in [4.78, 5) is 11.3. The minimum Gasteiger partial charge on any atom is -0.493 e. The van der Waals surface area contributed by atoms with Gasteiger partial charge in [-0.1, -0.05) is 35.3 Å². The van der Waals surface area contributed by atoms with E-state index in [0.717, 1.165) is 67.6 Å². The maximum Gasteiger partial charge on any atom is 0.417 e. The molecule has 1 aromatic heterocycles. The van der Waals surface area contributed by atoms with E-state index in [2.05, 4.69) is 14.9 Å². The quantitative estimate of drug-likeness (QED) is 0.148. The van der Waals surface area contributed by atoms with Crippen molar-refractivity contribution >= 4 is 34.1 Å². The summed E-state index contributed by atoms with van der Waals surface area (Å²) in [5.74, 6) is 1.72. The third-order valence-corrected chi connectivity index (χ3v) is 9.67. The topological polar surface area (TPSA) is 56.7 Å². The van der Waals surface area contributed by atoms with E-state index >= 15 is 0 Å². The van der Waals surface area contributed by atoms with Gasteiger partial charge in [0.15, 0.2) is 0 Å². The lowest BCUT2D eigenvalue weighted by Gasteiger charge is -2.47. The normalized spacial score (nSPS) is 16.5. The van der Waals surface area contributed by atoms with E-state index < -0.39 is 11.7 Å². The molecule has 6 nitrogen and oxygen atoms in total. The Bertz CT molecular complexity index is 1690. The van der Waals surface area contributed by atoms with Crippen LogP contribution in [0.15, 0.2) is 54.9 Å². The van der Waals surface area contributed by atoms with Crippen LogP contribution in [0.5, 0.6) is 17.4 Å². The Morgan fingerprint density at radius 3 is 2.46 bits per heavy atom. The lowest BCUT2D eigenvalue weighted by molar-refractivity contribution is -0.139. The highest BCUT2D eigenvalue weighted by atomic mass is 35.5. The van der Waals surface area contributed by atoms with Crippen molar-refractivity contribution in [3.63, 3.8) is 0 Å². The molecule has 11 heteroatoms. The molecule has 46 heavy (non-hydrogen) atoms. The summed E-state index contributed by atoms with van der Waals surface area (Å²) in [6.07, 6.45) is 2.05. The van der Waals surface area contributed by atoms with Crippen molar-refractivity contribution < 1.29 is 27.4 Å². The third kappa shape index (κ3) is 7.71. The van der Waals surface area contributed by atoms with Gasteiger partial charge in [-0.3, -0.25) is 0 Å². The minimum atomic E-state index is -4.49. The number of rotatable bonds is 11. The molecule has 0 amide bonds. The molecule has 0 N–H and O–H groups in total. The highest BCUT2D eigenvalue weighted by Gasteiger charge is 2.40. The summed E-state index contributed by atoms with van der Waals surface area (Å²) in [6, 6.07) is 13.3. The van der Waals surface area contributed by atoms with Crippen molar-refractivity contribution in [1.82, 2.24) is 14.9 Å². The largest absolute Gasteiger partial charge is 0.493 e. The average molecular weight is 675 g/mol. The number of ether oxygens (including phenoxy) is 3. The van der Waals surface area contributed by atoms with Crippen molar-refractivity contribution in [1.29, 1.82) is 0 Å². The van der Waals surface area contributed by atoms with Gasteiger partial charge >= 0.3 is 6.18 Å². The first-order chi connectivity index (χ1) is 22.1. The molecule has 1 spiro atoms. The first-order valence-corrected chi connectivity index (χ1v) is 16.3. The molecule has 0 saturated carbocycles. The highest BCUT2D eigenvalue weighted by molar-refractivity contribution is 6.31. The van der Waals surface area contributed by atoms with Crippen LogP contribution in [0.1, 0.15) is 47.9 Å². The van der Waals surface area contributed by atoms with E-state index in [-0.39, 0.29) is 5.02 Å². The van der Waals surface area contributed by atoms with Crippen LogP contribution in [0.3, 0.4) is 0 Å². The number of aryl methyl sites for hydroxylation is 3. The summed E-state index contributed by atoms with van der Waals surface area (Å²) in [6.45, 7) is 7.76. The van der Waals surface area contributed by atoms with Crippen LogP contribution in [-0.4, -0.2) is 54.3 Å². The van der Waals surface area contributed by atoms with Gasteiger partial charge in [0.1, 0.15) is 17.8 Å². The minimum absolute atomic E-state index is 0.299. The molecule has 6 rings (SSSR count). The Hall–Kier alpha value is -3.11. The summed E-state index contributed by atoms with van der Waals surface area (Å²) in [5.41, 5.74) is 2.77. The first kappa shape index (κ1) is 32.8. The zero-order valence-electron chi connectivity index (χ0n) is 25.6. The molecule has 3 heterocycles. The Morgan fingerprint density at radius 1 is 0.935 bits per heavy atom. The highest BCUT2D eigenvalue weighted by Crippen LogP contribution is 2.39. The van der Waals surface area contributed by atoms with Crippen molar-refractivity contribution in [2.75, 3.05) is 39.5 Å². The molecule has 2 aliphatic rings. The van der Waals surface area contributed by atoms with E-state index in [1.807, 2.05) is 31.2 Å². The van der Waals surface area contributed by atoms with E-state index in [1.165, 1.54) is 25.2 Å². The number of alkyl halides is 3. The number of likely N-dealkylation sites (tertiary alicyclic amines) is 1. The predicted molar refractivity (Wildman–Crippen MR) is 173 cm³/mol. The van der Waals surface area contributed by atoms with Crippen LogP contribution in [0.4, 0.5) is 13.2 Å². The fourth-order valence-corrected chi connectivity index (χ4v) is 6.63. The second-order valence-electron chi connectivity index (χ2n) is 12.4. The van der Waals surface area contributed by atoms with Crippen LogP contribution in [-0.2, 0) is 23.8 Å². The molecule has 0 radical (unpaired) electrons. The summed E-state index contributed by atoms with van der Waals surface area (Å²) in [7, 11) is 0. The molecule has 0 atom stereocenters. The van der Waals surface area contributed by atoms with Gasteiger partial charge in [-0.2, -0.15) is 13.2 Å². The Labute approximate surface area is 276 Å². The van der Waals surface area contributed by atoms with Crippen LogP contribution in [0.25, 0.3) is 10.9 Å². The van der Waals surface area contributed by atoms with Gasteiger partial charge in [0.2, 0.25) is 5.88 Å². The molecule has 0 unspecified atom stereocenters. The Kier molecular flexibility index (Phi) is 9.94. The summed E-state index contributed by atoms with van der Waals surface area (Å²) < 4.78 is 57.3. The molecule has 4 aromatic rings. The van der Waals surface area contributed by atoms with Gasteiger partial charge in [0.05, 0.1) is 41.3 Å². The van der Waals surface area contributed by atoms with Crippen molar-refractivity contribution in [2.24, 2.45) is 5.41 Å². The van der Waals surface area contributed by atoms with Crippen LogP contribution in [0, 0.1) is 12.3 Å². The van der Waals surface area contributed by atoms with E-state index in [9.17, 15) is 13.2 Å². The van der Waals surface area contributed by atoms with Gasteiger partial charge in [-0.15, -0.1) is 0 Å². The number of fused-ring (bicyclic) bond motifs is 1. The molecular formula is C35H36Cl2F3N3O3.